The fourth-order valence-electron chi connectivity index (χ4n) is 1.79. The molecule has 2 heteroatoms. The molecular formula is C14H20O2. The van der Waals surface area contributed by atoms with Crippen LogP contribution < -0.4 is 0 Å². The lowest BCUT2D eigenvalue weighted by Crippen LogP contribution is -2.44. The van der Waals surface area contributed by atoms with E-state index in [1.165, 1.54) is 5.56 Å². The SMILES string of the molecule is CC1OC(Cc2ccccc2)OCC1(C)C. The maximum Gasteiger partial charge on any atom is 0.161 e. The molecule has 1 aliphatic heterocycles. The molecule has 0 saturated carbocycles. The normalized spacial score (nSPS) is 28.9. The molecule has 2 rings (SSSR count). The number of benzene rings is 1. The Balaban J connectivity index is 1.94. The van der Waals surface area contributed by atoms with Crippen molar-refractivity contribution in [2.75, 3.05) is 6.61 Å². The second kappa shape index (κ2) is 4.56. The molecule has 16 heavy (non-hydrogen) atoms. The molecule has 88 valence electrons. The Morgan fingerprint density at radius 3 is 2.56 bits per heavy atom. The summed E-state index contributed by atoms with van der Waals surface area (Å²) in [6, 6.07) is 10.3. The first-order chi connectivity index (χ1) is 7.58. The average Bonchev–Trinajstić information content (AvgIpc) is 2.26. The summed E-state index contributed by atoms with van der Waals surface area (Å²) in [4.78, 5) is 0. The van der Waals surface area contributed by atoms with Gasteiger partial charge in [0.05, 0.1) is 12.7 Å². The molecule has 1 heterocycles. The zero-order valence-corrected chi connectivity index (χ0v) is 10.3. The lowest BCUT2D eigenvalue weighted by Gasteiger charge is -2.40. The fraction of sp³-hybridized carbons (Fsp3) is 0.571. The first kappa shape index (κ1) is 11.6. The Kier molecular flexibility index (Phi) is 3.31. The second-order valence-corrected chi connectivity index (χ2v) is 5.20. The zero-order chi connectivity index (χ0) is 11.6. The van der Waals surface area contributed by atoms with Gasteiger partial charge in [0.15, 0.2) is 6.29 Å². The van der Waals surface area contributed by atoms with Gasteiger partial charge in [0.2, 0.25) is 0 Å². The summed E-state index contributed by atoms with van der Waals surface area (Å²) in [6.07, 6.45) is 0.988. The first-order valence-corrected chi connectivity index (χ1v) is 5.89. The molecule has 0 aromatic heterocycles. The van der Waals surface area contributed by atoms with E-state index in [1.807, 2.05) is 18.2 Å². The summed E-state index contributed by atoms with van der Waals surface area (Å²) in [5, 5.41) is 0. The minimum absolute atomic E-state index is 0.0922. The smallest absolute Gasteiger partial charge is 0.161 e. The van der Waals surface area contributed by atoms with E-state index in [4.69, 9.17) is 9.47 Å². The molecule has 0 aliphatic carbocycles. The van der Waals surface area contributed by atoms with Crippen LogP contribution in [0.4, 0.5) is 0 Å². The molecule has 2 atom stereocenters. The number of rotatable bonds is 2. The standard InChI is InChI=1S/C14H20O2/c1-11-14(2,3)10-15-13(16-11)9-12-7-5-4-6-8-12/h4-8,11,13H,9-10H2,1-3H3. The van der Waals surface area contributed by atoms with Crippen molar-refractivity contribution in [2.45, 2.75) is 39.6 Å². The largest absolute Gasteiger partial charge is 0.352 e. The molecule has 0 N–H and O–H groups in total. The van der Waals surface area contributed by atoms with E-state index in [0.717, 1.165) is 13.0 Å². The molecule has 1 aromatic rings. The zero-order valence-electron chi connectivity index (χ0n) is 10.3. The van der Waals surface area contributed by atoms with Crippen LogP contribution in [0.3, 0.4) is 0 Å². The van der Waals surface area contributed by atoms with Crippen LogP contribution in [0.15, 0.2) is 30.3 Å². The van der Waals surface area contributed by atoms with E-state index in [1.54, 1.807) is 0 Å². The second-order valence-electron chi connectivity index (χ2n) is 5.20. The Morgan fingerprint density at radius 1 is 1.25 bits per heavy atom. The van der Waals surface area contributed by atoms with Gasteiger partial charge in [-0.3, -0.25) is 0 Å². The Bertz CT molecular complexity index is 332. The lowest BCUT2D eigenvalue weighted by atomic mass is 9.87. The highest BCUT2D eigenvalue weighted by Gasteiger charge is 2.35. The van der Waals surface area contributed by atoms with Crippen LogP contribution in [0.25, 0.3) is 0 Å². The molecule has 1 aliphatic rings. The molecule has 0 radical (unpaired) electrons. The van der Waals surface area contributed by atoms with Crippen LogP contribution in [-0.4, -0.2) is 19.0 Å². The molecule has 1 aromatic carbocycles. The third kappa shape index (κ3) is 2.63. The third-order valence-corrected chi connectivity index (χ3v) is 3.34. The van der Waals surface area contributed by atoms with Crippen molar-refractivity contribution in [3.8, 4) is 0 Å². The number of ether oxygens (including phenoxy) is 2. The van der Waals surface area contributed by atoms with Gasteiger partial charge in [0.25, 0.3) is 0 Å². The number of hydrogen-bond acceptors (Lipinski definition) is 2. The van der Waals surface area contributed by atoms with Crippen molar-refractivity contribution in [3.63, 3.8) is 0 Å². The van der Waals surface area contributed by atoms with E-state index in [2.05, 4.69) is 32.9 Å². The van der Waals surface area contributed by atoms with Crippen LogP contribution in [-0.2, 0) is 15.9 Å². The number of hydrogen-bond donors (Lipinski definition) is 0. The van der Waals surface area contributed by atoms with Crippen molar-refractivity contribution in [2.24, 2.45) is 5.41 Å². The van der Waals surface area contributed by atoms with Crippen molar-refractivity contribution in [1.82, 2.24) is 0 Å². The summed E-state index contributed by atoms with van der Waals surface area (Å²) in [6.45, 7) is 7.25. The molecule has 0 spiro atoms. The van der Waals surface area contributed by atoms with Gasteiger partial charge >= 0.3 is 0 Å². The minimum atomic E-state index is -0.0922. The molecule has 1 fully saturated rings. The van der Waals surface area contributed by atoms with Crippen LogP contribution in [0.2, 0.25) is 0 Å². The minimum Gasteiger partial charge on any atom is -0.352 e. The van der Waals surface area contributed by atoms with Gasteiger partial charge < -0.3 is 9.47 Å². The van der Waals surface area contributed by atoms with E-state index >= 15 is 0 Å². The van der Waals surface area contributed by atoms with Crippen molar-refractivity contribution in [3.05, 3.63) is 35.9 Å². The summed E-state index contributed by atoms with van der Waals surface area (Å²) in [5.74, 6) is 0. The van der Waals surface area contributed by atoms with Gasteiger partial charge in [-0.15, -0.1) is 0 Å². The van der Waals surface area contributed by atoms with Crippen LogP contribution in [0, 0.1) is 5.41 Å². The third-order valence-electron chi connectivity index (χ3n) is 3.34. The van der Waals surface area contributed by atoms with Gasteiger partial charge in [0.1, 0.15) is 0 Å². The van der Waals surface area contributed by atoms with Gasteiger partial charge in [-0.1, -0.05) is 44.2 Å². The van der Waals surface area contributed by atoms with E-state index in [9.17, 15) is 0 Å². The highest BCUT2D eigenvalue weighted by Crippen LogP contribution is 2.30. The summed E-state index contributed by atoms with van der Waals surface area (Å²) in [7, 11) is 0. The monoisotopic (exact) mass is 220 g/mol. The van der Waals surface area contributed by atoms with Crippen LogP contribution >= 0.6 is 0 Å². The average molecular weight is 220 g/mol. The van der Waals surface area contributed by atoms with Crippen LogP contribution in [0.5, 0.6) is 0 Å². The predicted molar refractivity (Wildman–Crippen MR) is 64.2 cm³/mol. The first-order valence-electron chi connectivity index (χ1n) is 5.89. The van der Waals surface area contributed by atoms with Gasteiger partial charge in [-0.2, -0.15) is 0 Å². The molecule has 1 saturated heterocycles. The van der Waals surface area contributed by atoms with Crippen molar-refractivity contribution >= 4 is 0 Å². The van der Waals surface area contributed by atoms with E-state index in [0.29, 0.717) is 0 Å². The summed E-state index contributed by atoms with van der Waals surface area (Å²) < 4.78 is 11.6. The Labute approximate surface area is 97.6 Å². The maximum atomic E-state index is 5.88. The van der Waals surface area contributed by atoms with E-state index < -0.39 is 0 Å². The predicted octanol–water partition coefficient (Wildman–Crippen LogP) is 3.02. The van der Waals surface area contributed by atoms with E-state index in [-0.39, 0.29) is 17.8 Å². The quantitative estimate of drug-likeness (QED) is 0.762. The molecule has 0 amide bonds. The summed E-state index contributed by atoms with van der Waals surface area (Å²) >= 11 is 0. The van der Waals surface area contributed by atoms with Gasteiger partial charge in [0, 0.05) is 11.8 Å². The highest BCUT2D eigenvalue weighted by atomic mass is 16.7. The van der Waals surface area contributed by atoms with Gasteiger partial charge in [-0.25, -0.2) is 0 Å². The fourth-order valence-corrected chi connectivity index (χ4v) is 1.79. The van der Waals surface area contributed by atoms with Crippen molar-refractivity contribution in [1.29, 1.82) is 0 Å². The summed E-state index contributed by atoms with van der Waals surface area (Å²) in [5.41, 5.74) is 1.38. The van der Waals surface area contributed by atoms with Crippen LogP contribution in [0.1, 0.15) is 26.3 Å². The van der Waals surface area contributed by atoms with Crippen molar-refractivity contribution < 1.29 is 9.47 Å². The Morgan fingerprint density at radius 2 is 1.94 bits per heavy atom. The molecule has 2 unspecified atom stereocenters. The highest BCUT2D eigenvalue weighted by molar-refractivity contribution is 5.15. The maximum absolute atomic E-state index is 5.88. The Hall–Kier alpha value is -0.860. The molecule has 2 nitrogen and oxygen atoms in total. The topological polar surface area (TPSA) is 18.5 Å². The molecular weight excluding hydrogens is 200 g/mol. The lowest BCUT2D eigenvalue weighted by molar-refractivity contribution is -0.253. The van der Waals surface area contributed by atoms with Gasteiger partial charge in [-0.05, 0) is 12.5 Å². The molecule has 0 bridgehead atoms.